The molecule has 24 heavy (non-hydrogen) atoms. The van der Waals surface area contributed by atoms with Crippen molar-refractivity contribution in [2.45, 2.75) is 45.6 Å². The van der Waals surface area contributed by atoms with E-state index in [0.29, 0.717) is 31.0 Å². The van der Waals surface area contributed by atoms with E-state index in [0.717, 1.165) is 22.3 Å². The van der Waals surface area contributed by atoms with Crippen LogP contribution in [0.15, 0.2) is 6.07 Å². The summed E-state index contributed by atoms with van der Waals surface area (Å²) >= 11 is 6.29. The second-order valence-corrected chi connectivity index (χ2v) is 6.67. The Morgan fingerprint density at radius 1 is 1.33 bits per heavy atom. The first kappa shape index (κ1) is 18.7. The molecule has 0 radical (unpaired) electrons. The molecule has 1 fully saturated rings. The van der Waals surface area contributed by atoms with Crippen molar-refractivity contribution in [2.24, 2.45) is 0 Å². The van der Waals surface area contributed by atoms with Gasteiger partial charge in [0.1, 0.15) is 6.07 Å². The molecule has 6 heteroatoms. The number of carbonyl (C=O) groups excluding carboxylic acids is 1. The highest BCUT2D eigenvalue weighted by atomic mass is 35.5. The van der Waals surface area contributed by atoms with E-state index in [1.54, 1.807) is 12.2 Å². The van der Waals surface area contributed by atoms with Crippen molar-refractivity contribution in [3.8, 4) is 6.07 Å². The molecule has 1 aliphatic heterocycles. The number of ether oxygens (including phenoxy) is 1. The molecule has 5 nitrogen and oxygen atoms in total. The fourth-order valence-corrected chi connectivity index (χ4v) is 3.30. The summed E-state index contributed by atoms with van der Waals surface area (Å²) in [7, 11) is 1.60. The number of nitrogens with zero attached hydrogens (tertiary/aromatic N) is 2. The van der Waals surface area contributed by atoms with Gasteiger partial charge in [-0.3, -0.25) is 4.79 Å². The van der Waals surface area contributed by atoms with Crippen LogP contribution in [-0.2, 0) is 20.8 Å². The lowest BCUT2D eigenvalue weighted by atomic mass is 9.93. The molecule has 0 spiro atoms. The number of piperidine rings is 1. The topological polar surface area (TPSA) is 62.6 Å². The number of hydroxylamine groups is 2. The third-order valence-corrected chi connectivity index (χ3v) is 5.24. The molecule has 1 heterocycles. The summed E-state index contributed by atoms with van der Waals surface area (Å²) in [5.74, 6) is -0.395. The lowest BCUT2D eigenvalue weighted by Gasteiger charge is -2.35. The minimum Gasteiger partial charge on any atom is -0.443 e. The van der Waals surface area contributed by atoms with Gasteiger partial charge in [-0.25, -0.2) is 0 Å². The Kier molecular flexibility index (Phi) is 5.87. The van der Waals surface area contributed by atoms with Gasteiger partial charge in [0.2, 0.25) is 0 Å². The number of rotatable bonds is 4. The normalized spacial score (nSPS) is 17.3. The van der Waals surface area contributed by atoms with E-state index in [2.05, 4.69) is 6.07 Å². The largest absolute Gasteiger partial charge is 0.443 e. The molecule has 2 rings (SSSR count). The number of esters is 1. The highest BCUT2D eigenvalue weighted by Gasteiger charge is 2.38. The summed E-state index contributed by atoms with van der Waals surface area (Å²) in [6, 6.07) is 4.14. The molecule has 0 amide bonds. The third kappa shape index (κ3) is 3.89. The first-order valence-electron chi connectivity index (χ1n) is 7.99. The van der Waals surface area contributed by atoms with Crippen molar-refractivity contribution in [3.63, 3.8) is 0 Å². The molecular formula is C18H23ClN2O3. The molecule has 0 atom stereocenters. The molecule has 0 aliphatic carbocycles. The molecule has 0 N–H and O–H groups in total. The molecule has 1 aromatic rings. The molecule has 0 aromatic heterocycles. The zero-order valence-electron chi connectivity index (χ0n) is 14.6. The fraction of sp³-hybridized carbons (Fsp3) is 0.556. The van der Waals surface area contributed by atoms with Crippen LogP contribution in [0.5, 0.6) is 0 Å². The summed E-state index contributed by atoms with van der Waals surface area (Å²) in [5.41, 5.74) is 2.70. The van der Waals surface area contributed by atoms with Crippen molar-refractivity contribution in [2.75, 3.05) is 20.2 Å². The maximum Gasteiger partial charge on any atom is 0.311 e. The third-order valence-electron chi connectivity index (χ3n) is 4.66. The smallest absolute Gasteiger partial charge is 0.311 e. The van der Waals surface area contributed by atoms with Crippen molar-refractivity contribution in [3.05, 3.63) is 33.3 Å². The first-order valence-corrected chi connectivity index (χ1v) is 8.37. The van der Waals surface area contributed by atoms with Gasteiger partial charge >= 0.3 is 5.97 Å². The number of hydrogen-bond acceptors (Lipinski definition) is 5. The molecule has 0 bridgehead atoms. The van der Waals surface area contributed by atoms with E-state index in [1.165, 1.54) is 0 Å². The Hall–Kier alpha value is -1.61. The van der Waals surface area contributed by atoms with Gasteiger partial charge in [-0.15, -0.1) is 0 Å². The van der Waals surface area contributed by atoms with E-state index >= 15 is 0 Å². The Balaban J connectivity index is 2.11. The monoisotopic (exact) mass is 350 g/mol. The fourth-order valence-electron chi connectivity index (χ4n) is 3.14. The zero-order chi connectivity index (χ0) is 17.9. The average molecular weight is 351 g/mol. The predicted molar refractivity (Wildman–Crippen MR) is 91.6 cm³/mol. The van der Waals surface area contributed by atoms with Gasteiger partial charge in [0.25, 0.3) is 0 Å². The van der Waals surface area contributed by atoms with Crippen LogP contribution in [0.1, 0.15) is 35.1 Å². The van der Waals surface area contributed by atoms with E-state index in [1.807, 2.05) is 26.8 Å². The second-order valence-electron chi connectivity index (χ2n) is 6.30. The quantitative estimate of drug-likeness (QED) is 0.780. The van der Waals surface area contributed by atoms with Crippen LogP contribution in [0.3, 0.4) is 0 Å². The zero-order valence-corrected chi connectivity index (χ0v) is 15.4. The second kappa shape index (κ2) is 7.52. The van der Waals surface area contributed by atoms with Crippen LogP contribution in [0.4, 0.5) is 0 Å². The molecular weight excluding hydrogens is 328 g/mol. The standard InChI is InChI=1S/C18H23ClN2O3/c1-12-9-13(2)17(19)14(3)15(12)10-16(22)24-18(11-20)5-7-21(23-4)8-6-18/h9H,5-8,10H2,1-4H3. The number of halogens is 1. The summed E-state index contributed by atoms with van der Waals surface area (Å²) in [4.78, 5) is 17.6. The summed E-state index contributed by atoms with van der Waals surface area (Å²) in [6.45, 7) is 6.92. The first-order chi connectivity index (χ1) is 11.3. The van der Waals surface area contributed by atoms with Crippen LogP contribution in [0.25, 0.3) is 0 Å². The maximum atomic E-state index is 12.4. The Morgan fingerprint density at radius 2 is 1.96 bits per heavy atom. The van der Waals surface area contributed by atoms with Gasteiger partial charge in [0, 0.05) is 31.0 Å². The van der Waals surface area contributed by atoms with Gasteiger partial charge in [-0.2, -0.15) is 10.3 Å². The molecule has 0 unspecified atom stereocenters. The lowest BCUT2D eigenvalue weighted by molar-refractivity contribution is -0.182. The van der Waals surface area contributed by atoms with Crippen LogP contribution >= 0.6 is 11.6 Å². The van der Waals surface area contributed by atoms with Crippen LogP contribution in [-0.4, -0.2) is 36.8 Å². The lowest BCUT2D eigenvalue weighted by Crippen LogP contribution is -2.46. The van der Waals surface area contributed by atoms with E-state index in [-0.39, 0.29) is 6.42 Å². The maximum absolute atomic E-state index is 12.4. The van der Waals surface area contributed by atoms with Crippen LogP contribution in [0.2, 0.25) is 5.02 Å². The Bertz CT molecular complexity index is 674. The number of carbonyl (C=O) groups is 1. The number of nitriles is 1. The van der Waals surface area contributed by atoms with E-state index < -0.39 is 11.6 Å². The van der Waals surface area contributed by atoms with Crippen molar-refractivity contribution < 1.29 is 14.4 Å². The molecule has 1 aromatic carbocycles. The van der Waals surface area contributed by atoms with Gasteiger partial charge in [0.05, 0.1) is 13.5 Å². The van der Waals surface area contributed by atoms with Crippen molar-refractivity contribution >= 4 is 17.6 Å². The van der Waals surface area contributed by atoms with Crippen LogP contribution in [0, 0.1) is 32.1 Å². The molecule has 130 valence electrons. The highest BCUT2D eigenvalue weighted by Crippen LogP contribution is 2.29. The average Bonchev–Trinajstić information content (AvgIpc) is 2.57. The summed E-state index contributed by atoms with van der Waals surface area (Å²) in [6.07, 6.45) is 1.00. The van der Waals surface area contributed by atoms with E-state index in [4.69, 9.17) is 21.2 Å². The Labute approximate surface area is 148 Å². The number of aryl methyl sites for hydroxylation is 2. The summed E-state index contributed by atoms with van der Waals surface area (Å²) < 4.78 is 5.58. The SMILES string of the molecule is CON1CCC(C#N)(OC(=O)Cc2c(C)cc(C)c(Cl)c2C)CC1. The summed E-state index contributed by atoms with van der Waals surface area (Å²) in [5, 5.41) is 11.9. The van der Waals surface area contributed by atoms with Crippen LogP contribution < -0.4 is 0 Å². The Morgan fingerprint density at radius 3 is 2.50 bits per heavy atom. The van der Waals surface area contributed by atoms with Gasteiger partial charge in [0.15, 0.2) is 5.60 Å². The number of hydrogen-bond donors (Lipinski definition) is 0. The highest BCUT2D eigenvalue weighted by molar-refractivity contribution is 6.32. The van der Waals surface area contributed by atoms with Gasteiger partial charge < -0.3 is 9.57 Å². The molecule has 1 aliphatic rings. The van der Waals surface area contributed by atoms with Gasteiger partial charge in [-0.05, 0) is 43.0 Å². The van der Waals surface area contributed by atoms with Crippen molar-refractivity contribution in [1.82, 2.24) is 5.06 Å². The van der Waals surface area contributed by atoms with Crippen molar-refractivity contribution in [1.29, 1.82) is 5.26 Å². The predicted octanol–water partition coefficient (Wildman–Crippen LogP) is 3.27. The minimum absolute atomic E-state index is 0.120. The van der Waals surface area contributed by atoms with Gasteiger partial charge in [-0.1, -0.05) is 17.7 Å². The molecule has 1 saturated heterocycles. The van der Waals surface area contributed by atoms with E-state index in [9.17, 15) is 10.1 Å². The minimum atomic E-state index is -1.07. The molecule has 0 saturated carbocycles. The number of benzene rings is 1.